The van der Waals surface area contributed by atoms with Crippen LogP contribution in [-0.2, 0) is 6.54 Å². The van der Waals surface area contributed by atoms with E-state index in [0.29, 0.717) is 6.04 Å². The van der Waals surface area contributed by atoms with Crippen molar-refractivity contribution in [1.82, 2.24) is 15.1 Å². The van der Waals surface area contributed by atoms with E-state index in [4.69, 9.17) is 0 Å². The Bertz CT molecular complexity index is 378. The van der Waals surface area contributed by atoms with Crippen LogP contribution in [0.15, 0.2) is 24.3 Å². The third-order valence-corrected chi connectivity index (χ3v) is 3.77. The number of nitrogens with zero attached hydrogens (tertiary/aromatic N) is 2. The van der Waals surface area contributed by atoms with Crippen molar-refractivity contribution in [3.8, 4) is 0 Å². The predicted octanol–water partition coefficient (Wildman–Crippen LogP) is 1.33. The summed E-state index contributed by atoms with van der Waals surface area (Å²) in [5, 5.41) is 3.58. The zero-order valence-corrected chi connectivity index (χ0v) is 11.8. The summed E-state index contributed by atoms with van der Waals surface area (Å²) in [6.45, 7) is 7.70. The zero-order chi connectivity index (χ0) is 13.0. The highest BCUT2D eigenvalue weighted by molar-refractivity contribution is 5.21. The van der Waals surface area contributed by atoms with Gasteiger partial charge in [0.05, 0.1) is 0 Å². The summed E-state index contributed by atoms with van der Waals surface area (Å²) in [5.74, 6) is 0. The number of hydrogen-bond acceptors (Lipinski definition) is 3. The van der Waals surface area contributed by atoms with E-state index in [9.17, 15) is 0 Å². The van der Waals surface area contributed by atoms with E-state index in [1.807, 2.05) is 0 Å². The molecule has 100 valence electrons. The summed E-state index contributed by atoms with van der Waals surface area (Å²) in [5.41, 5.74) is 2.71. The van der Waals surface area contributed by atoms with E-state index in [1.165, 1.54) is 24.2 Å². The minimum atomic E-state index is 0.633. The molecule has 1 aromatic rings. The molecular weight excluding hydrogens is 222 g/mol. The van der Waals surface area contributed by atoms with Gasteiger partial charge in [0.25, 0.3) is 0 Å². The molecule has 1 heterocycles. The third kappa shape index (κ3) is 3.80. The molecule has 0 spiro atoms. The Morgan fingerprint density at radius 2 is 2.11 bits per heavy atom. The summed E-state index contributed by atoms with van der Waals surface area (Å²) >= 11 is 0. The summed E-state index contributed by atoms with van der Waals surface area (Å²) < 4.78 is 0. The maximum Gasteiger partial charge on any atom is 0.0345 e. The van der Waals surface area contributed by atoms with Crippen LogP contribution in [0.25, 0.3) is 0 Å². The van der Waals surface area contributed by atoms with Gasteiger partial charge in [-0.1, -0.05) is 29.8 Å². The third-order valence-electron chi connectivity index (χ3n) is 3.77. The number of benzene rings is 1. The molecular formula is C15H25N3. The van der Waals surface area contributed by atoms with Gasteiger partial charge in [-0.05, 0) is 26.6 Å². The Morgan fingerprint density at radius 3 is 2.89 bits per heavy atom. The van der Waals surface area contributed by atoms with Crippen LogP contribution in [-0.4, -0.2) is 56.1 Å². The van der Waals surface area contributed by atoms with Crippen molar-refractivity contribution < 1.29 is 0 Å². The van der Waals surface area contributed by atoms with E-state index in [1.54, 1.807) is 0 Å². The van der Waals surface area contributed by atoms with Crippen LogP contribution in [0.4, 0.5) is 0 Å². The largest absolute Gasteiger partial charge is 0.311 e. The fourth-order valence-corrected chi connectivity index (χ4v) is 2.53. The van der Waals surface area contributed by atoms with Crippen molar-refractivity contribution in [1.29, 1.82) is 0 Å². The van der Waals surface area contributed by atoms with Gasteiger partial charge in [0, 0.05) is 38.8 Å². The standard InChI is InChI=1S/C15H25N3/c1-13-5-4-6-14(9-13)10-16-11-15-12-17(2)7-8-18(15)3/h4-6,9,15-16H,7-8,10-12H2,1-3H3. The van der Waals surface area contributed by atoms with E-state index in [0.717, 1.165) is 19.6 Å². The van der Waals surface area contributed by atoms with Crippen molar-refractivity contribution in [2.75, 3.05) is 40.3 Å². The molecule has 1 unspecified atom stereocenters. The average molecular weight is 247 g/mol. The lowest BCUT2D eigenvalue weighted by Crippen LogP contribution is -2.53. The van der Waals surface area contributed by atoms with Crippen LogP contribution in [0.1, 0.15) is 11.1 Å². The predicted molar refractivity (Wildman–Crippen MR) is 76.8 cm³/mol. The number of rotatable bonds is 4. The second-order valence-corrected chi connectivity index (χ2v) is 5.52. The van der Waals surface area contributed by atoms with Crippen molar-refractivity contribution in [2.45, 2.75) is 19.5 Å². The molecule has 1 aliphatic heterocycles. The Hall–Kier alpha value is -0.900. The first-order valence-electron chi connectivity index (χ1n) is 6.80. The normalized spacial score (nSPS) is 22.3. The number of aryl methyl sites for hydroxylation is 1. The highest BCUT2D eigenvalue weighted by atomic mass is 15.3. The second-order valence-electron chi connectivity index (χ2n) is 5.52. The van der Waals surface area contributed by atoms with Gasteiger partial charge in [-0.15, -0.1) is 0 Å². The van der Waals surface area contributed by atoms with E-state index < -0.39 is 0 Å². The van der Waals surface area contributed by atoms with Crippen molar-refractivity contribution in [3.05, 3.63) is 35.4 Å². The van der Waals surface area contributed by atoms with Crippen LogP contribution in [0, 0.1) is 6.92 Å². The monoisotopic (exact) mass is 247 g/mol. The maximum absolute atomic E-state index is 3.58. The average Bonchev–Trinajstić information content (AvgIpc) is 2.34. The molecule has 2 rings (SSSR count). The Labute approximate surface area is 111 Å². The topological polar surface area (TPSA) is 18.5 Å². The molecule has 18 heavy (non-hydrogen) atoms. The zero-order valence-electron chi connectivity index (χ0n) is 11.8. The Morgan fingerprint density at radius 1 is 1.28 bits per heavy atom. The van der Waals surface area contributed by atoms with Crippen molar-refractivity contribution in [2.24, 2.45) is 0 Å². The highest BCUT2D eigenvalue weighted by Gasteiger charge is 2.21. The summed E-state index contributed by atoms with van der Waals surface area (Å²) in [6, 6.07) is 9.36. The fraction of sp³-hybridized carbons (Fsp3) is 0.600. The van der Waals surface area contributed by atoms with Crippen LogP contribution < -0.4 is 5.32 Å². The lowest BCUT2D eigenvalue weighted by Gasteiger charge is -2.37. The molecule has 0 radical (unpaired) electrons. The van der Waals surface area contributed by atoms with Gasteiger partial charge in [0.1, 0.15) is 0 Å². The fourth-order valence-electron chi connectivity index (χ4n) is 2.53. The minimum Gasteiger partial charge on any atom is -0.311 e. The number of hydrogen-bond donors (Lipinski definition) is 1. The first kappa shape index (κ1) is 13.5. The molecule has 1 aromatic carbocycles. The summed E-state index contributed by atoms with van der Waals surface area (Å²) in [6.07, 6.45) is 0. The minimum absolute atomic E-state index is 0.633. The van der Waals surface area contributed by atoms with Gasteiger partial charge in [-0.3, -0.25) is 4.90 Å². The molecule has 1 saturated heterocycles. The van der Waals surface area contributed by atoms with Crippen LogP contribution in [0.5, 0.6) is 0 Å². The molecule has 0 amide bonds. The summed E-state index contributed by atoms with van der Waals surface area (Å²) in [7, 11) is 4.44. The van der Waals surface area contributed by atoms with E-state index in [2.05, 4.69) is 60.4 Å². The molecule has 0 aliphatic carbocycles. The number of piperazine rings is 1. The second kappa shape index (κ2) is 6.32. The molecule has 0 bridgehead atoms. The van der Waals surface area contributed by atoms with Gasteiger partial charge >= 0.3 is 0 Å². The molecule has 1 atom stereocenters. The molecule has 1 N–H and O–H groups in total. The van der Waals surface area contributed by atoms with Gasteiger partial charge < -0.3 is 10.2 Å². The molecule has 3 heteroatoms. The van der Waals surface area contributed by atoms with E-state index in [-0.39, 0.29) is 0 Å². The smallest absolute Gasteiger partial charge is 0.0345 e. The molecule has 1 fully saturated rings. The van der Waals surface area contributed by atoms with Crippen LogP contribution in [0.3, 0.4) is 0 Å². The van der Waals surface area contributed by atoms with Gasteiger partial charge in [-0.25, -0.2) is 0 Å². The van der Waals surface area contributed by atoms with Crippen LogP contribution in [0.2, 0.25) is 0 Å². The molecule has 0 saturated carbocycles. The Balaban J connectivity index is 1.77. The van der Waals surface area contributed by atoms with Crippen molar-refractivity contribution >= 4 is 0 Å². The highest BCUT2D eigenvalue weighted by Crippen LogP contribution is 2.06. The first-order valence-corrected chi connectivity index (χ1v) is 6.80. The summed E-state index contributed by atoms with van der Waals surface area (Å²) in [4.78, 5) is 4.88. The number of likely N-dealkylation sites (N-methyl/N-ethyl adjacent to an activating group) is 2. The Kier molecular flexibility index (Phi) is 4.75. The van der Waals surface area contributed by atoms with Gasteiger partial charge in [0.2, 0.25) is 0 Å². The first-order chi connectivity index (χ1) is 8.65. The molecule has 1 aliphatic rings. The lowest BCUT2D eigenvalue weighted by molar-refractivity contribution is 0.113. The van der Waals surface area contributed by atoms with Gasteiger partial charge in [0.15, 0.2) is 0 Å². The lowest BCUT2D eigenvalue weighted by atomic mass is 10.1. The molecule has 0 aromatic heterocycles. The van der Waals surface area contributed by atoms with Crippen LogP contribution >= 0.6 is 0 Å². The maximum atomic E-state index is 3.58. The van der Waals surface area contributed by atoms with Crippen molar-refractivity contribution in [3.63, 3.8) is 0 Å². The van der Waals surface area contributed by atoms with Gasteiger partial charge in [-0.2, -0.15) is 0 Å². The SMILES string of the molecule is Cc1cccc(CNCC2CN(C)CCN2C)c1. The molecule has 3 nitrogen and oxygen atoms in total. The number of nitrogens with one attached hydrogen (secondary N) is 1. The quantitative estimate of drug-likeness (QED) is 0.866. The van der Waals surface area contributed by atoms with E-state index >= 15 is 0 Å².